The SMILES string of the molecule is CC(C)c1ccccc1-c1cccc2[cH-]c(-c3ccccc3)cc12.CC(C)c1ccccc1-c1cccc2[cH-]c(-c3ccccc3)cc12.CCC(=O)N[B]NC(=O)CC.[Cl][Zr+2][Cl]. The Labute approximate surface area is 387 Å². The Balaban J connectivity index is 0.000000182. The van der Waals surface area contributed by atoms with Crippen molar-refractivity contribution in [2.24, 2.45) is 0 Å². The third-order valence-electron chi connectivity index (χ3n) is 10.6. The molecule has 8 aromatic carbocycles. The summed E-state index contributed by atoms with van der Waals surface area (Å²) in [5, 5.41) is 10.1. The standard InChI is InChI=1S/2C24H21.C6H12BN2O2.2ClH.Zr/c2*1-17(2)21-12-6-7-13-22(21)23-14-8-11-19-15-20(16-24(19)23)18-9-4-3-5-10-18;1-3-5(10)8-7-9-6(11)4-2;;;/h2*3-17H,1-2H3;3-4H2,1-2H3,(H,8,10)(H,9,11);2*1H;/q2*-1;;;;+4/p-2. The van der Waals surface area contributed by atoms with E-state index in [9.17, 15) is 9.59 Å². The number of hydrogen-bond donors (Lipinski definition) is 2. The molecular formula is C54H54BCl2N2O2Zr. The second-order valence-corrected chi connectivity index (χ2v) is 19.1. The normalized spacial score (nSPS) is 10.4. The summed E-state index contributed by atoms with van der Waals surface area (Å²) in [4.78, 5) is 21.2. The van der Waals surface area contributed by atoms with Gasteiger partial charge in [-0.05, 0) is 34.1 Å². The number of nitrogens with one attached hydrogen (secondary N) is 2. The Morgan fingerprint density at radius 1 is 0.516 bits per heavy atom. The van der Waals surface area contributed by atoms with Gasteiger partial charge in [0.1, 0.15) is 0 Å². The van der Waals surface area contributed by atoms with Gasteiger partial charge in [0, 0.05) is 12.8 Å². The summed E-state index contributed by atoms with van der Waals surface area (Å²) in [6.45, 7) is 12.5. The quantitative estimate of drug-likeness (QED) is 0.106. The summed E-state index contributed by atoms with van der Waals surface area (Å²) in [5.74, 6) is 0.808. The monoisotopic (exact) mass is 933 g/mol. The first-order valence-corrected chi connectivity index (χ1v) is 27.5. The van der Waals surface area contributed by atoms with Crippen LogP contribution in [0.4, 0.5) is 0 Å². The van der Waals surface area contributed by atoms with Gasteiger partial charge in [0.2, 0.25) is 11.8 Å². The molecule has 0 aliphatic rings. The summed E-state index contributed by atoms with van der Waals surface area (Å²) in [6.07, 6.45) is 0.830. The Morgan fingerprint density at radius 3 is 1.21 bits per heavy atom. The number of carbonyl (C=O) groups excluding carboxylic acids is 2. The first kappa shape index (κ1) is 48.0. The van der Waals surface area contributed by atoms with Gasteiger partial charge in [-0.25, -0.2) is 0 Å². The number of benzene rings is 6. The van der Waals surface area contributed by atoms with Crippen molar-refractivity contribution in [3.63, 3.8) is 0 Å². The van der Waals surface area contributed by atoms with Gasteiger partial charge in [0.25, 0.3) is 0 Å². The van der Waals surface area contributed by atoms with Gasteiger partial charge in [-0.2, -0.15) is 0 Å². The predicted molar refractivity (Wildman–Crippen MR) is 263 cm³/mol. The van der Waals surface area contributed by atoms with Crippen molar-refractivity contribution in [1.82, 2.24) is 10.5 Å². The molecule has 0 unspecified atom stereocenters. The van der Waals surface area contributed by atoms with E-state index in [-0.39, 0.29) is 11.8 Å². The molecule has 0 aromatic heterocycles. The van der Waals surface area contributed by atoms with Gasteiger partial charge in [-0.15, -0.1) is 69.1 Å². The van der Waals surface area contributed by atoms with E-state index in [1.165, 1.54) is 84.7 Å². The molecule has 0 saturated heterocycles. The molecule has 4 nitrogen and oxygen atoms in total. The second-order valence-electron chi connectivity index (χ2n) is 15.4. The van der Waals surface area contributed by atoms with Crippen molar-refractivity contribution in [3.8, 4) is 44.5 Å². The van der Waals surface area contributed by atoms with Crippen LogP contribution in [-0.4, -0.2) is 19.4 Å². The second kappa shape index (κ2) is 24.6. The summed E-state index contributed by atoms with van der Waals surface area (Å²) < 4.78 is 0. The van der Waals surface area contributed by atoms with Crippen LogP contribution < -0.4 is 10.5 Å². The molecule has 62 heavy (non-hydrogen) atoms. The van der Waals surface area contributed by atoms with E-state index < -0.39 is 20.8 Å². The van der Waals surface area contributed by atoms with E-state index in [2.05, 4.69) is 208 Å². The summed E-state index contributed by atoms with van der Waals surface area (Å²) in [6, 6.07) is 61.3. The van der Waals surface area contributed by atoms with Crippen LogP contribution in [0.15, 0.2) is 170 Å². The van der Waals surface area contributed by atoms with Crippen LogP contribution in [0.1, 0.15) is 77.3 Å². The number of amides is 2. The predicted octanol–water partition coefficient (Wildman–Crippen LogP) is 15.0. The minimum absolute atomic E-state index is 0.110. The average molecular weight is 936 g/mol. The minimum atomic E-state index is -0.826. The van der Waals surface area contributed by atoms with Crippen LogP contribution in [0.2, 0.25) is 0 Å². The Hall–Kier alpha value is -4.99. The molecule has 313 valence electrons. The average Bonchev–Trinajstić information content (AvgIpc) is 3.96. The van der Waals surface area contributed by atoms with E-state index in [0.29, 0.717) is 24.7 Å². The van der Waals surface area contributed by atoms with Crippen molar-refractivity contribution in [2.45, 2.75) is 66.2 Å². The zero-order chi connectivity index (χ0) is 44.4. The molecular weight excluding hydrogens is 882 g/mol. The summed E-state index contributed by atoms with van der Waals surface area (Å²) in [7, 11) is 11.1. The molecule has 2 N–H and O–H groups in total. The van der Waals surface area contributed by atoms with Gasteiger partial charge < -0.3 is 10.5 Å². The van der Waals surface area contributed by atoms with Gasteiger partial charge in [0.05, 0.1) is 0 Å². The molecule has 8 rings (SSSR count). The van der Waals surface area contributed by atoms with Crippen LogP contribution in [0.3, 0.4) is 0 Å². The topological polar surface area (TPSA) is 58.2 Å². The number of rotatable bonds is 10. The van der Waals surface area contributed by atoms with Gasteiger partial charge >= 0.3 is 45.4 Å². The third kappa shape index (κ3) is 13.0. The van der Waals surface area contributed by atoms with Crippen molar-refractivity contribution >= 4 is 57.9 Å². The first-order valence-electron chi connectivity index (χ1n) is 21.1. The molecule has 0 aliphatic carbocycles. The van der Waals surface area contributed by atoms with E-state index >= 15 is 0 Å². The molecule has 0 fully saturated rings. The number of hydrogen-bond acceptors (Lipinski definition) is 2. The number of carbonyl (C=O) groups is 2. The van der Waals surface area contributed by atoms with Crippen LogP contribution in [0.5, 0.6) is 0 Å². The fourth-order valence-electron chi connectivity index (χ4n) is 7.43. The molecule has 0 saturated carbocycles. The van der Waals surface area contributed by atoms with Crippen LogP contribution in [-0.2, 0) is 30.4 Å². The zero-order valence-electron chi connectivity index (χ0n) is 36.4. The van der Waals surface area contributed by atoms with E-state index in [4.69, 9.17) is 17.0 Å². The van der Waals surface area contributed by atoms with E-state index in [1.807, 2.05) is 0 Å². The molecule has 0 heterocycles. The Bertz CT molecular complexity index is 2460. The van der Waals surface area contributed by atoms with Gasteiger partial charge in [-0.3, -0.25) is 9.59 Å². The van der Waals surface area contributed by atoms with Crippen LogP contribution in [0.25, 0.3) is 66.1 Å². The summed E-state index contributed by atoms with van der Waals surface area (Å²) in [5.41, 5.74) is 13.3. The fraction of sp³-hybridized carbons (Fsp3) is 0.185. The molecule has 2 amide bonds. The van der Waals surface area contributed by atoms with Crippen molar-refractivity contribution in [2.75, 3.05) is 0 Å². The zero-order valence-corrected chi connectivity index (χ0v) is 40.4. The van der Waals surface area contributed by atoms with E-state index in [0.717, 1.165) is 0 Å². The van der Waals surface area contributed by atoms with Crippen molar-refractivity contribution in [3.05, 3.63) is 181 Å². The number of fused-ring (bicyclic) bond motifs is 2. The number of halogens is 2. The van der Waals surface area contributed by atoms with Gasteiger partial charge in [-0.1, -0.05) is 197 Å². The Kier molecular flexibility index (Phi) is 19.1. The summed E-state index contributed by atoms with van der Waals surface area (Å²) >= 11 is -0.826. The molecule has 0 bridgehead atoms. The Morgan fingerprint density at radius 2 is 0.855 bits per heavy atom. The van der Waals surface area contributed by atoms with Gasteiger partial charge in [0.15, 0.2) is 0 Å². The van der Waals surface area contributed by atoms with Crippen molar-refractivity contribution in [1.29, 1.82) is 0 Å². The molecule has 8 aromatic rings. The van der Waals surface area contributed by atoms with Crippen LogP contribution >= 0.6 is 17.0 Å². The molecule has 1 radical (unpaired) electrons. The maximum absolute atomic E-state index is 10.6. The third-order valence-corrected chi connectivity index (χ3v) is 10.6. The van der Waals surface area contributed by atoms with E-state index in [1.54, 1.807) is 13.8 Å². The maximum atomic E-state index is 10.6. The fourth-order valence-corrected chi connectivity index (χ4v) is 7.43. The molecule has 0 atom stereocenters. The molecule has 0 spiro atoms. The van der Waals surface area contributed by atoms with Crippen LogP contribution in [0, 0.1) is 0 Å². The first-order chi connectivity index (χ1) is 30.1. The van der Waals surface area contributed by atoms with Crippen molar-refractivity contribution < 1.29 is 30.4 Å². The molecule has 0 aliphatic heterocycles. The molecule has 8 heteroatoms.